The van der Waals surface area contributed by atoms with Crippen molar-refractivity contribution < 1.29 is 0 Å². The fourth-order valence-electron chi connectivity index (χ4n) is 1.33. The van der Waals surface area contributed by atoms with Crippen molar-refractivity contribution in [2.45, 2.75) is 0 Å². The van der Waals surface area contributed by atoms with Crippen molar-refractivity contribution in [2.75, 3.05) is 5.43 Å². The van der Waals surface area contributed by atoms with Gasteiger partial charge in [0.2, 0.25) is 0 Å². The summed E-state index contributed by atoms with van der Waals surface area (Å²) in [7, 11) is 1.94. The van der Waals surface area contributed by atoms with Gasteiger partial charge in [0.15, 0.2) is 0 Å². The molecule has 0 radical (unpaired) electrons. The standard InChI is InChI=1S/C8H10N4/c1-12-5-10-6-3-2-4-7(11-9)8(6)12/h2-5,11H,9H2,1H3. The number of para-hydroxylation sites is 1. The normalized spacial score (nSPS) is 10.5. The first-order valence-electron chi connectivity index (χ1n) is 3.69. The first-order valence-corrected chi connectivity index (χ1v) is 3.69. The molecule has 0 fully saturated rings. The second-order valence-electron chi connectivity index (χ2n) is 2.67. The number of rotatable bonds is 1. The molecule has 62 valence electrons. The van der Waals surface area contributed by atoms with Crippen LogP contribution in [0.5, 0.6) is 0 Å². The summed E-state index contributed by atoms with van der Waals surface area (Å²) in [6.45, 7) is 0. The predicted octanol–water partition coefficient (Wildman–Crippen LogP) is 0.859. The Morgan fingerprint density at radius 3 is 3.08 bits per heavy atom. The Morgan fingerprint density at radius 2 is 2.33 bits per heavy atom. The maximum atomic E-state index is 5.35. The van der Waals surface area contributed by atoms with Crippen LogP contribution in [-0.2, 0) is 7.05 Å². The Bertz CT molecular complexity index is 404. The molecule has 0 amide bonds. The van der Waals surface area contributed by atoms with Crippen molar-refractivity contribution in [1.29, 1.82) is 0 Å². The number of hydrogen-bond acceptors (Lipinski definition) is 3. The van der Waals surface area contributed by atoms with Crippen molar-refractivity contribution in [3.05, 3.63) is 24.5 Å². The number of imidazole rings is 1. The molecule has 4 nitrogen and oxygen atoms in total. The molecule has 0 aliphatic heterocycles. The number of aryl methyl sites for hydroxylation is 1. The number of aromatic nitrogens is 2. The first kappa shape index (κ1) is 7.12. The Morgan fingerprint density at radius 1 is 1.50 bits per heavy atom. The van der Waals surface area contributed by atoms with Crippen LogP contribution in [-0.4, -0.2) is 9.55 Å². The summed E-state index contributed by atoms with van der Waals surface area (Å²) in [4.78, 5) is 4.19. The van der Waals surface area contributed by atoms with Gasteiger partial charge in [-0.05, 0) is 12.1 Å². The van der Waals surface area contributed by atoms with Crippen LogP contribution in [0.25, 0.3) is 11.0 Å². The van der Waals surface area contributed by atoms with Crippen molar-refractivity contribution >= 4 is 16.7 Å². The Hall–Kier alpha value is -1.55. The summed E-state index contributed by atoms with van der Waals surface area (Å²) in [5.41, 5.74) is 5.51. The van der Waals surface area contributed by atoms with Gasteiger partial charge in [-0.3, -0.25) is 5.84 Å². The molecule has 0 spiro atoms. The van der Waals surface area contributed by atoms with Gasteiger partial charge >= 0.3 is 0 Å². The third-order valence-electron chi connectivity index (χ3n) is 1.89. The minimum atomic E-state index is 0.896. The SMILES string of the molecule is Cn1cnc2cccc(NN)c21. The highest BCUT2D eigenvalue weighted by Crippen LogP contribution is 2.20. The van der Waals surface area contributed by atoms with Crippen molar-refractivity contribution in [1.82, 2.24) is 9.55 Å². The third kappa shape index (κ3) is 0.853. The number of nitrogens with two attached hydrogens (primary N) is 1. The summed E-state index contributed by atoms with van der Waals surface area (Å²) in [6, 6.07) is 5.80. The van der Waals surface area contributed by atoms with Gasteiger partial charge in [-0.2, -0.15) is 0 Å². The van der Waals surface area contributed by atoms with Crippen LogP contribution in [0.2, 0.25) is 0 Å². The second-order valence-corrected chi connectivity index (χ2v) is 2.67. The molecule has 2 aromatic rings. The van der Waals surface area contributed by atoms with Crippen LogP contribution in [0.3, 0.4) is 0 Å². The van der Waals surface area contributed by atoms with Crippen molar-refractivity contribution in [2.24, 2.45) is 12.9 Å². The van der Waals surface area contributed by atoms with Gasteiger partial charge in [-0.15, -0.1) is 0 Å². The van der Waals surface area contributed by atoms with Crippen LogP contribution in [0.1, 0.15) is 0 Å². The molecule has 4 heteroatoms. The summed E-state index contributed by atoms with van der Waals surface area (Å²) >= 11 is 0. The van der Waals surface area contributed by atoms with Gasteiger partial charge < -0.3 is 9.99 Å². The quantitative estimate of drug-likeness (QED) is 0.483. The number of benzene rings is 1. The fraction of sp³-hybridized carbons (Fsp3) is 0.125. The number of fused-ring (bicyclic) bond motifs is 1. The van der Waals surface area contributed by atoms with E-state index in [1.807, 2.05) is 29.8 Å². The van der Waals surface area contributed by atoms with Gasteiger partial charge in [0.1, 0.15) is 0 Å². The average molecular weight is 162 g/mol. The zero-order valence-corrected chi connectivity index (χ0v) is 6.78. The third-order valence-corrected chi connectivity index (χ3v) is 1.89. The Kier molecular flexibility index (Phi) is 1.48. The van der Waals surface area contributed by atoms with Crippen molar-refractivity contribution in [3.8, 4) is 0 Å². The monoisotopic (exact) mass is 162 g/mol. The zero-order chi connectivity index (χ0) is 8.55. The molecule has 2 rings (SSSR count). The molecule has 0 saturated carbocycles. The molecule has 0 aliphatic rings. The highest BCUT2D eigenvalue weighted by Gasteiger charge is 2.02. The lowest BCUT2D eigenvalue weighted by Gasteiger charge is -2.02. The molecule has 1 aromatic carbocycles. The van der Waals surface area contributed by atoms with Crippen LogP contribution in [0, 0.1) is 0 Å². The van der Waals surface area contributed by atoms with Gasteiger partial charge in [0.25, 0.3) is 0 Å². The molecule has 0 aliphatic carbocycles. The molecule has 1 aromatic heterocycles. The Labute approximate surface area is 70.0 Å². The summed E-state index contributed by atoms with van der Waals surface area (Å²) in [5, 5.41) is 0. The van der Waals surface area contributed by atoms with Gasteiger partial charge in [0.05, 0.1) is 23.0 Å². The van der Waals surface area contributed by atoms with Gasteiger partial charge in [-0.1, -0.05) is 6.07 Å². The predicted molar refractivity (Wildman–Crippen MR) is 48.5 cm³/mol. The number of hydrazine groups is 1. The highest BCUT2D eigenvalue weighted by atomic mass is 15.2. The first-order chi connectivity index (χ1) is 5.83. The summed E-state index contributed by atoms with van der Waals surface area (Å²) < 4.78 is 1.94. The molecular weight excluding hydrogens is 152 g/mol. The van der Waals surface area contributed by atoms with Gasteiger partial charge in [-0.25, -0.2) is 4.98 Å². The molecule has 3 N–H and O–H groups in total. The van der Waals surface area contributed by atoms with Crippen LogP contribution < -0.4 is 11.3 Å². The molecule has 0 bridgehead atoms. The molecule has 0 saturated heterocycles. The van der Waals surface area contributed by atoms with E-state index in [1.165, 1.54) is 0 Å². The summed E-state index contributed by atoms with van der Waals surface area (Å²) in [5.74, 6) is 5.35. The number of hydrogen-bond donors (Lipinski definition) is 2. The minimum Gasteiger partial charge on any atom is -0.332 e. The lowest BCUT2D eigenvalue weighted by Crippen LogP contribution is -2.07. The fourth-order valence-corrected chi connectivity index (χ4v) is 1.33. The maximum Gasteiger partial charge on any atom is 0.0956 e. The van der Waals surface area contributed by atoms with E-state index in [-0.39, 0.29) is 0 Å². The average Bonchev–Trinajstić information content (AvgIpc) is 2.48. The van der Waals surface area contributed by atoms with Crippen molar-refractivity contribution in [3.63, 3.8) is 0 Å². The topological polar surface area (TPSA) is 55.9 Å². The van der Waals surface area contributed by atoms with E-state index in [4.69, 9.17) is 5.84 Å². The number of nitrogen functional groups attached to an aromatic ring is 1. The molecular formula is C8H10N4. The van der Waals surface area contributed by atoms with E-state index in [0.717, 1.165) is 16.7 Å². The van der Waals surface area contributed by atoms with E-state index < -0.39 is 0 Å². The molecule has 1 heterocycles. The zero-order valence-electron chi connectivity index (χ0n) is 6.78. The van der Waals surface area contributed by atoms with Gasteiger partial charge in [0, 0.05) is 7.05 Å². The van der Waals surface area contributed by atoms with E-state index in [0.29, 0.717) is 0 Å². The molecule has 12 heavy (non-hydrogen) atoms. The number of nitrogens with zero attached hydrogens (tertiary/aromatic N) is 2. The summed E-state index contributed by atoms with van der Waals surface area (Å²) in [6.07, 6.45) is 1.77. The maximum absolute atomic E-state index is 5.35. The van der Waals surface area contributed by atoms with Crippen LogP contribution in [0.15, 0.2) is 24.5 Å². The Balaban J connectivity index is 2.84. The van der Waals surface area contributed by atoms with E-state index in [2.05, 4.69) is 10.4 Å². The van der Waals surface area contributed by atoms with E-state index in [1.54, 1.807) is 6.33 Å². The smallest absolute Gasteiger partial charge is 0.0956 e. The van der Waals surface area contributed by atoms with Crippen LogP contribution in [0.4, 0.5) is 5.69 Å². The largest absolute Gasteiger partial charge is 0.332 e. The number of nitrogens with one attached hydrogen (secondary N) is 1. The lowest BCUT2D eigenvalue weighted by atomic mass is 10.3. The molecule has 0 unspecified atom stereocenters. The minimum absolute atomic E-state index is 0.896. The number of anilines is 1. The van der Waals surface area contributed by atoms with E-state index in [9.17, 15) is 0 Å². The lowest BCUT2D eigenvalue weighted by molar-refractivity contribution is 0.947. The molecule has 0 atom stereocenters. The second kappa shape index (κ2) is 2.49. The highest BCUT2D eigenvalue weighted by molar-refractivity contribution is 5.88. The van der Waals surface area contributed by atoms with E-state index >= 15 is 0 Å². The van der Waals surface area contributed by atoms with Crippen LogP contribution >= 0.6 is 0 Å².